The first-order valence-corrected chi connectivity index (χ1v) is 12.9. The van der Waals surface area contributed by atoms with E-state index in [9.17, 15) is 18.0 Å². The van der Waals surface area contributed by atoms with Gasteiger partial charge >= 0.3 is 0 Å². The van der Waals surface area contributed by atoms with E-state index in [1.54, 1.807) is 6.92 Å². The maximum Gasteiger partial charge on any atom is 0.244 e. The lowest BCUT2D eigenvalue weighted by Gasteiger charge is -2.33. The average Bonchev–Trinajstić information content (AvgIpc) is 2.69. The first kappa shape index (κ1) is 27.0. The van der Waals surface area contributed by atoms with Gasteiger partial charge in [-0.1, -0.05) is 53.5 Å². The molecule has 0 saturated heterocycles. The molecule has 1 atom stereocenters. The van der Waals surface area contributed by atoms with Gasteiger partial charge in [0, 0.05) is 17.1 Å². The molecule has 0 aliphatic carbocycles. The van der Waals surface area contributed by atoms with Crippen LogP contribution in [0.3, 0.4) is 0 Å². The Labute approximate surface area is 205 Å². The van der Waals surface area contributed by atoms with Crippen LogP contribution in [-0.2, 0) is 26.2 Å². The van der Waals surface area contributed by atoms with Gasteiger partial charge in [-0.15, -0.1) is 0 Å². The average molecular weight is 514 g/mol. The lowest BCUT2D eigenvalue weighted by Crippen LogP contribution is -2.54. The van der Waals surface area contributed by atoms with Gasteiger partial charge in [-0.2, -0.15) is 0 Å². The number of carbonyl (C=O) groups excluding carboxylic acids is 2. The molecule has 2 amide bonds. The monoisotopic (exact) mass is 513 g/mol. The summed E-state index contributed by atoms with van der Waals surface area (Å²) < 4.78 is 26.0. The number of rotatable bonds is 8. The first-order chi connectivity index (χ1) is 15.2. The third-order valence-electron chi connectivity index (χ3n) is 4.72. The Kier molecular flexibility index (Phi) is 8.79. The molecule has 0 unspecified atom stereocenters. The summed E-state index contributed by atoms with van der Waals surface area (Å²) >= 11 is 12.2. The second-order valence-corrected chi connectivity index (χ2v) is 11.5. The van der Waals surface area contributed by atoms with Crippen LogP contribution in [0.4, 0.5) is 5.69 Å². The smallest absolute Gasteiger partial charge is 0.244 e. The molecule has 0 spiro atoms. The number of halogens is 2. The number of anilines is 1. The number of benzene rings is 2. The third kappa shape index (κ3) is 7.91. The van der Waals surface area contributed by atoms with Crippen molar-refractivity contribution in [2.75, 3.05) is 17.1 Å². The molecule has 0 aromatic heterocycles. The maximum atomic E-state index is 13.4. The van der Waals surface area contributed by atoms with Gasteiger partial charge in [-0.05, 0) is 51.5 Å². The van der Waals surface area contributed by atoms with Crippen molar-refractivity contribution in [3.8, 4) is 0 Å². The van der Waals surface area contributed by atoms with Crippen molar-refractivity contribution in [3.05, 3.63) is 64.1 Å². The number of hydrogen-bond acceptors (Lipinski definition) is 4. The predicted octanol–water partition coefficient (Wildman–Crippen LogP) is 4.09. The fourth-order valence-corrected chi connectivity index (χ4v) is 4.54. The number of nitrogens with one attached hydrogen (secondary N) is 1. The van der Waals surface area contributed by atoms with Crippen LogP contribution in [0, 0.1) is 0 Å². The van der Waals surface area contributed by atoms with Crippen molar-refractivity contribution in [3.63, 3.8) is 0 Å². The Morgan fingerprint density at radius 2 is 1.67 bits per heavy atom. The summed E-state index contributed by atoms with van der Waals surface area (Å²) in [5.74, 6) is -0.894. The molecule has 2 aromatic carbocycles. The van der Waals surface area contributed by atoms with E-state index in [1.165, 1.54) is 23.1 Å². The molecule has 0 aliphatic heterocycles. The molecule has 0 aliphatic rings. The summed E-state index contributed by atoms with van der Waals surface area (Å²) in [7, 11) is -3.87. The highest BCUT2D eigenvalue weighted by molar-refractivity contribution is 7.92. The number of hydrogen-bond donors (Lipinski definition) is 1. The lowest BCUT2D eigenvalue weighted by molar-refractivity contribution is -0.140. The van der Waals surface area contributed by atoms with E-state index in [0.29, 0.717) is 5.02 Å². The van der Waals surface area contributed by atoms with E-state index in [2.05, 4.69) is 5.32 Å². The maximum absolute atomic E-state index is 13.4. The Hall–Kier alpha value is -2.29. The van der Waals surface area contributed by atoms with Crippen LogP contribution in [0.1, 0.15) is 33.3 Å². The number of carbonyl (C=O) groups is 2. The van der Waals surface area contributed by atoms with Crippen LogP contribution in [-0.4, -0.2) is 49.5 Å². The second-order valence-electron chi connectivity index (χ2n) is 8.79. The standard InChI is InChI=1S/C23H29Cl2N3O4S/c1-16(22(30)26-23(2,3)4)27(14-17-9-7-6-8-10-17)21(29)15-28(33(5,31)32)20-12-11-18(24)13-19(20)25/h6-13,16H,14-15H2,1-5H3,(H,26,30)/t16-/m0/s1. The molecule has 2 aromatic rings. The van der Waals surface area contributed by atoms with Gasteiger partial charge in [-0.3, -0.25) is 13.9 Å². The van der Waals surface area contributed by atoms with Crippen LogP contribution in [0.2, 0.25) is 10.0 Å². The summed E-state index contributed by atoms with van der Waals surface area (Å²) in [6.45, 7) is 6.74. The molecule has 10 heteroatoms. The number of nitrogens with zero attached hydrogens (tertiary/aromatic N) is 2. The SMILES string of the molecule is C[C@@H](C(=O)NC(C)(C)C)N(Cc1ccccc1)C(=O)CN(c1ccc(Cl)cc1Cl)S(C)(=O)=O. The van der Waals surface area contributed by atoms with E-state index in [-0.39, 0.29) is 23.2 Å². The topological polar surface area (TPSA) is 86.8 Å². The van der Waals surface area contributed by atoms with Gasteiger partial charge in [0.05, 0.1) is 17.0 Å². The van der Waals surface area contributed by atoms with Crippen molar-refractivity contribution in [2.24, 2.45) is 0 Å². The van der Waals surface area contributed by atoms with E-state index < -0.39 is 34.1 Å². The van der Waals surface area contributed by atoms with E-state index >= 15 is 0 Å². The van der Waals surface area contributed by atoms with Crippen LogP contribution in [0.15, 0.2) is 48.5 Å². The fraction of sp³-hybridized carbons (Fsp3) is 0.391. The number of sulfonamides is 1. The molecule has 33 heavy (non-hydrogen) atoms. The summed E-state index contributed by atoms with van der Waals surface area (Å²) in [5, 5.41) is 3.30. The molecule has 7 nitrogen and oxygen atoms in total. The summed E-state index contributed by atoms with van der Waals surface area (Å²) in [5.41, 5.74) is 0.433. The number of amides is 2. The first-order valence-electron chi connectivity index (χ1n) is 10.3. The van der Waals surface area contributed by atoms with Crippen molar-refractivity contribution < 1.29 is 18.0 Å². The normalized spacial score (nSPS) is 12.7. The summed E-state index contributed by atoms with van der Waals surface area (Å²) in [6.07, 6.45) is 0.989. The molecule has 0 radical (unpaired) electrons. The zero-order valence-electron chi connectivity index (χ0n) is 19.3. The zero-order valence-corrected chi connectivity index (χ0v) is 21.6. The van der Waals surface area contributed by atoms with Crippen molar-refractivity contribution >= 4 is 50.7 Å². The molecule has 0 saturated carbocycles. The highest BCUT2D eigenvalue weighted by atomic mass is 35.5. The summed E-state index contributed by atoms with van der Waals surface area (Å²) in [6, 6.07) is 12.7. The van der Waals surface area contributed by atoms with Gasteiger partial charge in [0.25, 0.3) is 0 Å². The van der Waals surface area contributed by atoms with Gasteiger partial charge in [0.15, 0.2) is 0 Å². The quantitative estimate of drug-likeness (QED) is 0.575. The van der Waals surface area contributed by atoms with Crippen LogP contribution >= 0.6 is 23.2 Å². The van der Waals surface area contributed by atoms with Crippen molar-refractivity contribution in [2.45, 2.75) is 45.8 Å². The third-order valence-corrected chi connectivity index (χ3v) is 6.38. The Morgan fingerprint density at radius 1 is 1.06 bits per heavy atom. The molecule has 180 valence electrons. The molecule has 2 rings (SSSR count). The van der Waals surface area contributed by atoms with Gasteiger partial charge in [0.2, 0.25) is 21.8 Å². The van der Waals surface area contributed by atoms with Gasteiger partial charge in [-0.25, -0.2) is 8.42 Å². The molecule has 0 bridgehead atoms. The molecule has 0 heterocycles. The zero-order chi connectivity index (χ0) is 25.0. The van der Waals surface area contributed by atoms with Gasteiger partial charge < -0.3 is 10.2 Å². The van der Waals surface area contributed by atoms with Crippen LogP contribution in [0.25, 0.3) is 0 Å². The minimum absolute atomic E-state index is 0.0915. The van der Waals surface area contributed by atoms with E-state index in [4.69, 9.17) is 23.2 Å². The van der Waals surface area contributed by atoms with E-state index in [0.717, 1.165) is 16.1 Å². The van der Waals surface area contributed by atoms with Gasteiger partial charge in [0.1, 0.15) is 12.6 Å². The van der Waals surface area contributed by atoms with Crippen molar-refractivity contribution in [1.29, 1.82) is 0 Å². The lowest BCUT2D eigenvalue weighted by atomic mass is 10.1. The molecular weight excluding hydrogens is 485 g/mol. The minimum atomic E-state index is -3.87. The predicted molar refractivity (Wildman–Crippen MR) is 133 cm³/mol. The highest BCUT2D eigenvalue weighted by Gasteiger charge is 2.31. The van der Waals surface area contributed by atoms with Crippen LogP contribution < -0.4 is 9.62 Å². The Balaban J connectivity index is 2.41. The van der Waals surface area contributed by atoms with Crippen LogP contribution in [0.5, 0.6) is 0 Å². The molecular formula is C23H29Cl2N3O4S. The fourth-order valence-electron chi connectivity index (χ4n) is 3.12. The molecule has 0 fully saturated rings. The Bertz CT molecular complexity index is 1100. The van der Waals surface area contributed by atoms with E-state index in [1.807, 2.05) is 51.1 Å². The second kappa shape index (κ2) is 10.8. The van der Waals surface area contributed by atoms with Crippen molar-refractivity contribution in [1.82, 2.24) is 10.2 Å². The minimum Gasteiger partial charge on any atom is -0.350 e. The summed E-state index contributed by atoms with van der Waals surface area (Å²) in [4.78, 5) is 27.7. The Morgan fingerprint density at radius 3 is 2.18 bits per heavy atom. The largest absolute Gasteiger partial charge is 0.350 e. The highest BCUT2D eigenvalue weighted by Crippen LogP contribution is 2.30. The molecule has 1 N–H and O–H groups in total.